The smallest absolute Gasteiger partial charge is 0.264 e. The lowest BCUT2D eigenvalue weighted by Gasteiger charge is -2.26. The van der Waals surface area contributed by atoms with Crippen LogP contribution < -0.4 is 4.72 Å². The number of nitrogens with one attached hydrogen (secondary N) is 1. The Hall–Kier alpha value is -2.22. The molecule has 0 bridgehead atoms. The Morgan fingerprint density at radius 2 is 1.81 bits per heavy atom. The van der Waals surface area contributed by atoms with Crippen molar-refractivity contribution in [3.05, 3.63) is 65.7 Å². The molecule has 1 fully saturated rings. The van der Waals surface area contributed by atoms with E-state index in [4.69, 9.17) is 4.84 Å². The lowest BCUT2D eigenvalue weighted by molar-refractivity contribution is -0.178. The van der Waals surface area contributed by atoms with Gasteiger partial charge < -0.3 is 0 Å². The van der Waals surface area contributed by atoms with Gasteiger partial charge >= 0.3 is 0 Å². The van der Waals surface area contributed by atoms with E-state index in [0.717, 1.165) is 11.1 Å². The number of benzene rings is 2. The summed E-state index contributed by atoms with van der Waals surface area (Å²) in [6, 6.07) is 14.7. The number of nitrogens with zero attached hydrogens (tertiary/aromatic N) is 1. The molecule has 0 radical (unpaired) electrons. The van der Waals surface area contributed by atoms with Crippen LogP contribution >= 0.6 is 0 Å². The summed E-state index contributed by atoms with van der Waals surface area (Å²) in [6.07, 6.45) is 0.674. The minimum Gasteiger partial charge on any atom is -0.271 e. The number of aryl methyl sites for hydroxylation is 1. The summed E-state index contributed by atoms with van der Waals surface area (Å²) in [4.78, 5) is 18.4. The lowest BCUT2D eigenvalue weighted by Crippen LogP contribution is -2.46. The number of carbonyl (C=O) groups excluding carboxylic acids is 1. The highest BCUT2D eigenvalue weighted by atomic mass is 32.2. The number of sulfonamides is 1. The molecule has 0 aromatic heterocycles. The Kier molecular flexibility index (Phi) is 5.41. The Balaban J connectivity index is 1.74. The van der Waals surface area contributed by atoms with Gasteiger partial charge in [0.25, 0.3) is 5.91 Å². The number of hydrogen-bond acceptors (Lipinski definition) is 4. The van der Waals surface area contributed by atoms with E-state index in [9.17, 15) is 13.2 Å². The Morgan fingerprint density at radius 1 is 1.15 bits per heavy atom. The highest BCUT2D eigenvalue weighted by Gasteiger charge is 2.35. The molecule has 0 saturated carbocycles. The van der Waals surface area contributed by atoms with Crippen LogP contribution in [0, 0.1) is 6.92 Å². The van der Waals surface area contributed by atoms with Crippen LogP contribution in [0.4, 0.5) is 0 Å². The van der Waals surface area contributed by atoms with Crippen LogP contribution in [0.1, 0.15) is 30.5 Å². The molecule has 2 atom stereocenters. The first-order valence-corrected chi connectivity index (χ1v) is 9.97. The lowest BCUT2D eigenvalue weighted by atomic mass is 10.0. The average Bonchev–Trinajstić information content (AvgIpc) is 3.11. The van der Waals surface area contributed by atoms with Gasteiger partial charge in [-0.3, -0.25) is 9.63 Å². The van der Waals surface area contributed by atoms with Crippen LogP contribution in [-0.4, -0.2) is 32.0 Å². The molecule has 0 aliphatic carbocycles. The Bertz CT molecular complexity index is 866. The minimum atomic E-state index is -3.77. The standard InChI is InChI=1S/C19H22N2O4S/c1-14-8-10-16(11-9-14)18-12-13-25-21(18)19(22)15(2)20-26(23,24)17-6-4-3-5-7-17/h3-11,15,18,20H,12-13H2,1-2H3. The monoisotopic (exact) mass is 374 g/mol. The molecule has 0 spiro atoms. The molecule has 1 heterocycles. The largest absolute Gasteiger partial charge is 0.271 e. The summed E-state index contributed by atoms with van der Waals surface area (Å²) in [5, 5.41) is 1.29. The molecule has 3 rings (SSSR count). The van der Waals surface area contributed by atoms with Gasteiger partial charge in [0.15, 0.2) is 0 Å². The molecule has 1 amide bonds. The fraction of sp³-hybridized carbons (Fsp3) is 0.316. The molecule has 2 aromatic rings. The number of rotatable bonds is 5. The second-order valence-electron chi connectivity index (χ2n) is 6.37. The van der Waals surface area contributed by atoms with E-state index >= 15 is 0 Å². The molecule has 26 heavy (non-hydrogen) atoms. The quantitative estimate of drug-likeness (QED) is 0.873. The van der Waals surface area contributed by atoms with Crippen molar-refractivity contribution < 1.29 is 18.0 Å². The van der Waals surface area contributed by atoms with Crippen molar-refractivity contribution >= 4 is 15.9 Å². The zero-order valence-electron chi connectivity index (χ0n) is 14.8. The van der Waals surface area contributed by atoms with Crippen molar-refractivity contribution in [3.8, 4) is 0 Å². The molecular formula is C19H22N2O4S. The summed E-state index contributed by atoms with van der Waals surface area (Å²) in [5.74, 6) is -0.410. The molecule has 2 aromatic carbocycles. The first-order valence-electron chi connectivity index (χ1n) is 8.48. The predicted octanol–water partition coefficient (Wildman–Crippen LogP) is 2.57. The summed E-state index contributed by atoms with van der Waals surface area (Å²) < 4.78 is 27.3. The molecule has 138 valence electrons. The van der Waals surface area contributed by atoms with Crippen molar-refractivity contribution in [2.24, 2.45) is 0 Å². The molecule has 1 aliphatic heterocycles. The van der Waals surface area contributed by atoms with Gasteiger partial charge in [-0.15, -0.1) is 0 Å². The molecule has 1 N–H and O–H groups in total. The number of amides is 1. The van der Waals surface area contributed by atoms with E-state index in [1.54, 1.807) is 18.2 Å². The van der Waals surface area contributed by atoms with E-state index in [-0.39, 0.29) is 10.9 Å². The van der Waals surface area contributed by atoms with Crippen molar-refractivity contribution in [1.82, 2.24) is 9.79 Å². The van der Waals surface area contributed by atoms with Crippen molar-refractivity contribution in [1.29, 1.82) is 0 Å². The highest BCUT2D eigenvalue weighted by Crippen LogP contribution is 2.31. The zero-order chi connectivity index (χ0) is 18.7. The number of carbonyl (C=O) groups is 1. The Labute approximate surface area is 153 Å². The summed E-state index contributed by atoms with van der Waals surface area (Å²) in [5.41, 5.74) is 2.11. The van der Waals surface area contributed by atoms with Crippen LogP contribution in [0.25, 0.3) is 0 Å². The molecular weight excluding hydrogens is 352 g/mol. The first kappa shape index (κ1) is 18.6. The predicted molar refractivity (Wildman–Crippen MR) is 97.6 cm³/mol. The molecule has 7 heteroatoms. The van der Waals surface area contributed by atoms with Crippen LogP contribution in [0.2, 0.25) is 0 Å². The van der Waals surface area contributed by atoms with Crippen molar-refractivity contribution in [2.45, 2.75) is 37.2 Å². The van der Waals surface area contributed by atoms with Crippen molar-refractivity contribution in [2.75, 3.05) is 6.61 Å². The van der Waals surface area contributed by atoms with Gasteiger partial charge in [0, 0.05) is 6.42 Å². The van der Waals surface area contributed by atoms with E-state index < -0.39 is 22.0 Å². The van der Waals surface area contributed by atoms with Crippen LogP contribution in [0.5, 0.6) is 0 Å². The molecule has 1 saturated heterocycles. The topological polar surface area (TPSA) is 75.7 Å². The summed E-state index contributed by atoms with van der Waals surface area (Å²) in [7, 11) is -3.77. The van der Waals surface area contributed by atoms with Gasteiger partial charge in [-0.2, -0.15) is 4.72 Å². The number of hydroxylamine groups is 2. The van der Waals surface area contributed by atoms with Crippen LogP contribution in [-0.2, 0) is 19.7 Å². The second-order valence-corrected chi connectivity index (χ2v) is 8.08. The second kappa shape index (κ2) is 7.57. The maximum absolute atomic E-state index is 12.8. The summed E-state index contributed by atoms with van der Waals surface area (Å²) in [6.45, 7) is 3.94. The van der Waals surface area contributed by atoms with E-state index in [1.807, 2.05) is 31.2 Å². The van der Waals surface area contributed by atoms with Gasteiger partial charge in [0.2, 0.25) is 10.0 Å². The highest BCUT2D eigenvalue weighted by molar-refractivity contribution is 7.89. The third kappa shape index (κ3) is 3.95. The van der Waals surface area contributed by atoms with Gasteiger partial charge in [-0.1, -0.05) is 48.0 Å². The summed E-state index contributed by atoms with van der Waals surface area (Å²) >= 11 is 0. The van der Waals surface area contributed by atoms with Gasteiger partial charge in [-0.05, 0) is 31.5 Å². The fourth-order valence-corrected chi connectivity index (χ4v) is 4.14. The minimum absolute atomic E-state index is 0.122. The molecule has 1 aliphatic rings. The van der Waals surface area contributed by atoms with Gasteiger partial charge in [0.1, 0.15) is 6.04 Å². The SMILES string of the molecule is Cc1ccc(C2CCON2C(=O)C(C)NS(=O)(=O)c2ccccc2)cc1. The zero-order valence-corrected chi connectivity index (χ0v) is 15.6. The third-order valence-corrected chi connectivity index (χ3v) is 5.90. The Morgan fingerprint density at radius 3 is 2.46 bits per heavy atom. The van der Waals surface area contributed by atoms with Crippen LogP contribution in [0.3, 0.4) is 0 Å². The molecule has 2 unspecified atom stereocenters. The van der Waals surface area contributed by atoms with E-state index in [1.165, 1.54) is 24.1 Å². The van der Waals surface area contributed by atoms with Crippen molar-refractivity contribution in [3.63, 3.8) is 0 Å². The maximum Gasteiger partial charge on any atom is 0.264 e. The average molecular weight is 374 g/mol. The van der Waals surface area contributed by atoms with Crippen LogP contribution in [0.15, 0.2) is 59.5 Å². The normalized spacial score (nSPS) is 18.7. The fourth-order valence-electron chi connectivity index (χ4n) is 2.92. The maximum atomic E-state index is 12.8. The van der Waals surface area contributed by atoms with E-state index in [0.29, 0.717) is 13.0 Å². The third-order valence-electron chi connectivity index (χ3n) is 4.34. The van der Waals surface area contributed by atoms with Gasteiger partial charge in [-0.25, -0.2) is 13.5 Å². The first-order chi connectivity index (χ1) is 12.4. The number of hydrogen-bond donors (Lipinski definition) is 1. The van der Waals surface area contributed by atoms with E-state index in [2.05, 4.69) is 4.72 Å². The van der Waals surface area contributed by atoms with Gasteiger partial charge in [0.05, 0.1) is 17.5 Å². The molecule has 6 nitrogen and oxygen atoms in total.